The number of fused-ring (bicyclic) bond motifs is 1. The highest BCUT2D eigenvalue weighted by Gasteiger charge is 2.55. The molecule has 0 spiro atoms. The molecule has 3 fully saturated rings. The van der Waals surface area contributed by atoms with Crippen LogP contribution >= 0.6 is 0 Å². The first-order chi connectivity index (χ1) is 10.7. The molecule has 118 valence electrons. The fourth-order valence-corrected chi connectivity index (χ4v) is 4.44. The highest BCUT2D eigenvalue weighted by molar-refractivity contribution is 5.78. The standard InChI is InChI=1S/C16H22N4O2/c21-15(22)16-5-3-4-12(16)9-20(10-16)14-8-13(17-11-18-14)19-6-1-2-7-19/h8,11-12H,1-7,9-10H2,(H,21,22)/t12-,16+/m0/s1. The van der Waals surface area contributed by atoms with Crippen LogP contribution in [0.2, 0.25) is 0 Å². The van der Waals surface area contributed by atoms with Crippen molar-refractivity contribution < 1.29 is 9.90 Å². The molecule has 6 nitrogen and oxygen atoms in total. The van der Waals surface area contributed by atoms with Crippen LogP contribution in [0.3, 0.4) is 0 Å². The van der Waals surface area contributed by atoms with Crippen LogP contribution in [-0.4, -0.2) is 47.2 Å². The first-order valence-corrected chi connectivity index (χ1v) is 8.24. The molecule has 3 aliphatic rings. The minimum absolute atomic E-state index is 0.259. The maximum Gasteiger partial charge on any atom is 0.311 e. The fraction of sp³-hybridized carbons (Fsp3) is 0.688. The number of anilines is 2. The van der Waals surface area contributed by atoms with Gasteiger partial charge >= 0.3 is 5.97 Å². The SMILES string of the molecule is O=C(O)[C@@]12CCC[C@H]1CN(c1cc(N3CCCC3)ncn1)C2. The molecular weight excluding hydrogens is 280 g/mol. The number of carboxylic acid groups (broad SMARTS) is 1. The molecule has 2 aliphatic heterocycles. The van der Waals surface area contributed by atoms with Gasteiger partial charge in [-0.3, -0.25) is 4.79 Å². The van der Waals surface area contributed by atoms with Crippen molar-refractivity contribution in [1.82, 2.24) is 9.97 Å². The van der Waals surface area contributed by atoms with Gasteiger partial charge in [-0.25, -0.2) is 9.97 Å². The molecule has 6 heteroatoms. The maximum atomic E-state index is 11.8. The highest BCUT2D eigenvalue weighted by Crippen LogP contribution is 2.49. The molecule has 1 N–H and O–H groups in total. The lowest BCUT2D eigenvalue weighted by atomic mass is 9.81. The number of aromatic nitrogens is 2. The van der Waals surface area contributed by atoms with Crippen LogP contribution in [0.25, 0.3) is 0 Å². The molecule has 0 radical (unpaired) electrons. The average molecular weight is 302 g/mol. The molecule has 0 bridgehead atoms. The fourth-order valence-electron chi connectivity index (χ4n) is 4.44. The summed E-state index contributed by atoms with van der Waals surface area (Å²) in [7, 11) is 0. The Bertz CT molecular complexity index is 587. The summed E-state index contributed by atoms with van der Waals surface area (Å²) in [6, 6.07) is 2.03. The monoisotopic (exact) mass is 302 g/mol. The normalized spacial score (nSPS) is 30.8. The smallest absolute Gasteiger partial charge is 0.311 e. The van der Waals surface area contributed by atoms with Crippen LogP contribution in [-0.2, 0) is 4.79 Å². The quantitative estimate of drug-likeness (QED) is 0.917. The van der Waals surface area contributed by atoms with Crippen LogP contribution in [0.1, 0.15) is 32.1 Å². The molecule has 1 saturated carbocycles. The minimum atomic E-state index is -0.633. The lowest BCUT2D eigenvalue weighted by Gasteiger charge is -2.24. The van der Waals surface area contributed by atoms with E-state index in [0.29, 0.717) is 6.54 Å². The predicted molar refractivity (Wildman–Crippen MR) is 83.1 cm³/mol. The summed E-state index contributed by atoms with van der Waals surface area (Å²) in [5.41, 5.74) is -0.557. The molecule has 22 heavy (non-hydrogen) atoms. The summed E-state index contributed by atoms with van der Waals surface area (Å²) in [5, 5.41) is 9.70. The van der Waals surface area contributed by atoms with E-state index in [9.17, 15) is 9.90 Å². The van der Waals surface area contributed by atoms with E-state index in [1.807, 2.05) is 6.07 Å². The van der Waals surface area contributed by atoms with E-state index in [2.05, 4.69) is 19.8 Å². The van der Waals surface area contributed by atoms with Gasteiger partial charge in [-0.2, -0.15) is 0 Å². The molecular formula is C16H22N4O2. The van der Waals surface area contributed by atoms with Crippen molar-refractivity contribution in [3.63, 3.8) is 0 Å². The number of carboxylic acids is 1. The van der Waals surface area contributed by atoms with Crippen molar-refractivity contribution in [1.29, 1.82) is 0 Å². The maximum absolute atomic E-state index is 11.8. The van der Waals surface area contributed by atoms with Crippen LogP contribution in [0.5, 0.6) is 0 Å². The molecule has 0 aromatic carbocycles. The van der Waals surface area contributed by atoms with E-state index >= 15 is 0 Å². The summed E-state index contributed by atoms with van der Waals surface area (Å²) >= 11 is 0. The molecule has 1 aromatic heterocycles. The largest absolute Gasteiger partial charge is 0.481 e. The summed E-state index contributed by atoms with van der Waals surface area (Å²) in [6.45, 7) is 3.50. The van der Waals surface area contributed by atoms with Crippen molar-refractivity contribution in [2.75, 3.05) is 36.0 Å². The number of hydrogen-bond acceptors (Lipinski definition) is 5. The van der Waals surface area contributed by atoms with Gasteiger partial charge in [0.1, 0.15) is 18.0 Å². The first kappa shape index (κ1) is 13.8. The van der Waals surface area contributed by atoms with Gasteiger partial charge in [-0.05, 0) is 31.6 Å². The zero-order chi connectivity index (χ0) is 15.2. The van der Waals surface area contributed by atoms with Gasteiger partial charge in [0.15, 0.2) is 0 Å². The van der Waals surface area contributed by atoms with E-state index < -0.39 is 11.4 Å². The van der Waals surface area contributed by atoms with Gasteiger partial charge in [0, 0.05) is 32.2 Å². The highest BCUT2D eigenvalue weighted by atomic mass is 16.4. The summed E-state index contributed by atoms with van der Waals surface area (Å²) in [4.78, 5) is 25.0. The van der Waals surface area contributed by atoms with E-state index in [0.717, 1.165) is 50.5 Å². The van der Waals surface area contributed by atoms with Gasteiger partial charge in [0.2, 0.25) is 0 Å². The van der Waals surface area contributed by atoms with Gasteiger partial charge in [0.05, 0.1) is 5.41 Å². The second kappa shape index (κ2) is 5.11. The molecule has 3 heterocycles. The van der Waals surface area contributed by atoms with Crippen molar-refractivity contribution in [3.05, 3.63) is 12.4 Å². The van der Waals surface area contributed by atoms with Crippen molar-refractivity contribution in [2.45, 2.75) is 32.1 Å². The molecule has 1 aliphatic carbocycles. The Morgan fingerprint density at radius 3 is 2.59 bits per heavy atom. The third kappa shape index (κ3) is 2.04. The van der Waals surface area contributed by atoms with Crippen molar-refractivity contribution >= 4 is 17.6 Å². The van der Waals surface area contributed by atoms with Crippen LogP contribution < -0.4 is 9.80 Å². The Hall–Kier alpha value is -1.85. The van der Waals surface area contributed by atoms with Crippen molar-refractivity contribution in [2.24, 2.45) is 11.3 Å². The molecule has 2 saturated heterocycles. The second-order valence-corrected chi connectivity index (χ2v) is 6.86. The van der Waals surface area contributed by atoms with Gasteiger partial charge in [0.25, 0.3) is 0 Å². The number of aliphatic carboxylic acids is 1. The average Bonchev–Trinajstić information content (AvgIpc) is 3.22. The number of rotatable bonds is 3. The Labute approximate surface area is 130 Å². The first-order valence-electron chi connectivity index (χ1n) is 8.24. The zero-order valence-electron chi connectivity index (χ0n) is 12.7. The van der Waals surface area contributed by atoms with Gasteiger partial charge in [-0.15, -0.1) is 0 Å². The Balaban J connectivity index is 1.58. The Kier molecular flexibility index (Phi) is 3.20. The van der Waals surface area contributed by atoms with Crippen LogP contribution in [0.4, 0.5) is 11.6 Å². The molecule has 0 amide bonds. The van der Waals surface area contributed by atoms with E-state index in [1.54, 1.807) is 6.33 Å². The van der Waals surface area contributed by atoms with E-state index in [-0.39, 0.29) is 5.92 Å². The zero-order valence-corrected chi connectivity index (χ0v) is 12.7. The minimum Gasteiger partial charge on any atom is -0.481 e. The lowest BCUT2D eigenvalue weighted by Crippen LogP contribution is -2.35. The Morgan fingerprint density at radius 2 is 1.91 bits per heavy atom. The molecule has 4 rings (SSSR count). The predicted octanol–water partition coefficient (Wildman–Crippen LogP) is 1.77. The third-order valence-electron chi connectivity index (χ3n) is 5.69. The van der Waals surface area contributed by atoms with Gasteiger partial charge in [-0.1, -0.05) is 6.42 Å². The molecule has 1 aromatic rings. The Morgan fingerprint density at radius 1 is 1.18 bits per heavy atom. The second-order valence-electron chi connectivity index (χ2n) is 6.86. The van der Waals surface area contributed by atoms with E-state index in [1.165, 1.54) is 12.8 Å². The van der Waals surface area contributed by atoms with E-state index in [4.69, 9.17) is 0 Å². The third-order valence-corrected chi connectivity index (χ3v) is 5.69. The number of carbonyl (C=O) groups is 1. The summed E-state index contributed by atoms with van der Waals surface area (Å²) < 4.78 is 0. The number of hydrogen-bond donors (Lipinski definition) is 1. The number of nitrogens with zero attached hydrogens (tertiary/aromatic N) is 4. The lowest BCUT2D eigenvalue weighted by molar-refractivity contribution is -0.149. The van der Waals surface area contributed by atoms with Gasteiger partial charge < -0.3 is 14.9 Å². The molecule has 0 unspecified atom stereocenters. The topological polar surface area (TPSA) is 69.6 Å². The summed E-state index contributed by atoms with van der Waals surface area (Å²) in [5.74, 6) is 1.48. The van der Waals surface area contributed by atoms with Crippen molar-refractivity contribution in [3.8, 4) is 0 Å². The van der Waals surface area contributed by atoms with Crippen LogP contribution in [0.15, 0.2) is 12.4 Å². The summed E-state index contributed by atoms with van der Waals surface area (Å²) in [6.07, 6.45) is 6.90. The molecule has 2 atom stereocenters. The van der Waals surface area contributed by atoms with Crippen LogP contribution in [0, 0.1) is 11.3 Å².